The van der Waals surface area contributed by atoms with E-state index in [2.05, 4.69) is 20.9 Å². The van der Waals surface area contributed by atoms with Gasteiger partial charge in [0.15, 0.2) is 0 Å². The van der Waals surface area contributed by atoms with Crippen molar-refractivity contribution in [3.05, 3.63) is 50.4 Å². The average Bonchev–Trinajstić information content (AvgIpc) is 2.63. The molecule has 0 bridgehead atoms. The molecule has 2 rings (SSSR count). The summed E-state index contributed by atoms with van der Waals surface area (Å²) < 4.78 is 0.946. The van der Waals surface area contributed by atoms with Crippen LogP contribution in [-0.2, 0) is 0 Å². The SMILES string of the molecule is Cc1cncc(C(O)c2sccc2Br)c1. The number of rotatable bonds is 2. The van der Waals surface area contributed by atoms with Crippen molar-refractivity contribution in [2.24, 2.45) is 0 Å². The Hall–Kier alpha value is -0.710. The number of halogens is 1. The molecule has 1 unspecified atom stereocenters. The van der Waals surface area contributed by atoms with Crippen LogP contribution < -0.4 is 0 Å². The standard InChI is InChI=1S/C11H10BrNOS/c1-7-4-8(6-13-5-7)10(14)11-9(12)2-3-15-11/h2-6,10,14H,1H3. The second kappa shape index (κ2) is 4.43. The summed E-state index contributed by atoms with van der Waals surface area (Å²) in [6.45, 7) is 1.96. The van der Waals surface area contributed by atoms with E-state index in [1.807, 2.05) is 24.4 Å². The van der Waals surface area contributed by atoms with Crippen molar-refractivity contribution in [1.29, 1.82) is 0 Å². The molecule has 2 aromatic heterocycles. The smallest absolute Gasteiger partial charge is 0.116 e. The lowest BCUT2D eigenvalue weighted by Gasteiger charge is -2.09. The molecule has 0 radical (unpaired) electrons. The lowest BCUT2D eigenvalue weighted by atomic mass is 10.1. The summed E-state index contributed by atoms with van der Waals surface area (Å²) in [5.41, 5.74) is 1.89. The fourth-order valence-electron chi connectivity index (χ4n) is 1.38. The van der Waals surface area contributed by atoms with E-state index in [-0.39, 0.29) is 0 Å². The molecule has 0 aromatic carbocycles. The van der Waals surface area contributed by atoms with Gasteiger partial charge < -0.3 is 5.11 Å². The van der Waals surface area contributed by atoms with Gasteiger partial charge in [-0.2, -0.15) is 0 Å². The molecule has 78 valence electrons. The molecule has 0 aliphatic heterocycles. The Kier molecular flexibility index (Phi) is 3.19. The fourth-order valence-corrected chi connectivity index (χ4v) is 2.98. The van der Waals surface area contributed by atoms with Crippen molar-refractivity contribution in [3.63, 3.8) is 0 Å². The summed E-state index contributed by atoms with van der Waals surface area (Å²) in [4.78, 5) is 4.99. The predicted octanol–water partition coefficient (Wildman–Crippen LogP) is 3.30. The van der Waals surface area contributed by atoms with Gasteiger partial charge in [-0.1, -0.05) is 6.07 Å². The van der Waals surface area contributed by atoms with Crippen molar-refractivity contribution in [2.75, 3.05) is 0 Å². The third kappa shape index (κ3) is 2.27. The van der Waals surface area contributed by atoms with E-state index in [4.69, 9.17) is 0 Å². The molecule has 0 spiro atoms. The highest BCUT2D eigenvalue weighted by molar-refractivity contribution is 9.10. The van der Waals surface area contributed by atoms with Crippen LogP contribution in [-0.4, -0.2) is 10.1 Å². The van der Waals surface area contributed by atoms with Gasteiger partial charge in [0.2, 0.25) is 0 Å². The van der Waals surface area contributed by atoms with Gasteiger partial charge in [-0.15, -0.1) is 11.3 Å². The Labute approximate surface area is 101 Å². The maximum absolute atomic E-state index is 10.1. The van der Waals surface area contributed by atoms with Crippen LogP contribution in [0.4, 0.5) is 0 Å². The van der Waals surface area contributed by atoms with E-state index < -0.39 is 6.10 Å². The van der Waals surface area contributed by atoms with Crippen LogP contribution in [0.25, 0.3) is 0 Å². The zero-order valence-corrected chi connectivity index (χ0v) is 10.5. The molecular formula is C11H10BrNOS. The summed E-state index contributed by atoms with van der Waals surface area (Å²) in [5, 5.41) is 12.1. The average molecular weight is 284 g/mol. The lowest BCUT2D eigenvalue weighted by molar-refractivity contribution is 0.223. The summed E-state index contributed by atoms with van der Waals surface area (Å²) in [6, 6.07) is 3.89. The van der Waals surface area contributed by atoms with E-state index in [9.17, 15) is 5.11 Å². The molecule has 1 atom stereocenters. The number of hydrogen-bond acceptors (Lipinski definition) is 3. The van der Waals surface area contributed by atoms with Gasteiger partial charge in [-0.05, 0) is 39.9 Å². The van der Waals surface area contributed by atoms with E-state index in [0.717, 1.165) is 20.5 Å². The van der Waals surface area contributed by atoms with Gasteiger partial charge in [0, 0.05) is 22.4 Å². The van der Waals surface area contributed by atoms with E-state index in [1.54, 1.807) is 12.4 Å². The number of aliphatic hydroxyl groups is 1. The number of hydrogen-bond donors (Lipinski definition) is 1. The highest BCUT2D eigenvalue weighted by atomic mass is 79.9. The highest BCUT2D eigenvalue weighted by Gasteiger charge is 2.15. The third-order valence-electron chi connectivity index (χ3n) is 2.10. The number of aliphatic hydroxyl groups excluding tert-OH is 1. The van der Waals surface area contributed by atoms with Crippen LogP contribution in [0.2, 0.25) is 0 Å². The summed E-state index contributed by atoms with van der Waals surface area (Å²) in [5.74, 6) is 0. The van der Waals surface area contributed by atoms with Gasteiger partial charge in [0.05, 0.1) is 4.88 Å². The number of nitrogens with zero attached hydrogens (tertiary/aromatic N) is 1. The first kappa shape index (κ1) is 10.8. The Morgan fingerprint density at radius 2 is 2.27 bits per heavy atom. The molecule has 4 heteroatoms. The molecule has 0 aliphatic rings. The van der Waals surface area contributed by atoms with Crippen molar-refractivity contribution in [1.82, 2.24) is 4.98 Å². The maximum atomic E-state index is 10.1. The van der Waals surface area contributed by atoms with Crippen molar-refractivity contribution >= 4 is 27.3 Å². The number of thiophene rings is 1. The third-order valence-corrected chi connectivity index (χ3v) is 4.03. The molecule has 0 saturated carbocycles. The van der Waals surface area contributed by atoms with Crippen molar-refractivity contribution in [2.45, 2.75) is 13.0 Å². The van der Waals surface area contributed by atoms with Gasteiger partial charge in [0.1, 0.15) is 6.10 Å². The summed E-state index contributed by atoms with van der Waals surface area (Å²) in [6.07, 6.45) is 2.88. The molecule has 2 heterocycles. The van der Waals surface area contributed by atoms with Crippen molar-refractivity contribution < 1.29 is 5.11 Å². The van der Waals surface area contributed by atoms with E-state index >= 15 is 0 Å². The lowest BCUT2D eigenvalue weighted by Crippen LogP contribution is -1.98. The predicted molar refractivity (Wildman–Crippen MR) is 65.1 cm³/mol. The quantitative estimate of drug-likeness (QED) is 0.918. The second-order valence-electron chi connectivity index (χ2n) is 3.33. The van der Waals surface area contributed by atoms with Gasteiger partial charge >= 0.3 is 0 Å². The Morgan fingerprint density at radius 3 is 2.87 bits per heavy atom. The molecule has 2 aromatic rings. The first-order valence-corrected chi connectivity index (χ1v) is 6.18. The highest BCUT2D eigenvalue weighted by Crippen LogP contribution is 2.32. The van der Waals surface area contributed by atoms with Gasteiger partial charge in [-0.3, -0.25) is 4.98 Å². The van der Waals surface area contributed by atoms with Crippen molar-refractivity contribution in [3.8, 4) is 0 Å². The van der Waals surface area contributed by atoms with Crippen LogP contribution in [0.5, 0.6) is 0 Å². The minimum Gasteiger partial charge on any atom is -0.383 e. The first-order chi connectivity index (χ1) is 7.18. The monoisotopic (exact) mass is 283 g/mol. The first-order valence-electron chi connectivity index (χ1n) is 4.51. The van der Waals surface area contributed by atoms with Crippen LogP contribution in [0.15, 0.2) is 34.4 Å². The molecule has 1 N–H and O–H groups in total. The fraction of sp³-hybridized carbons (Fsp3) is 0.182. The largest absolute Gasteiger partial charge is 0.383 e. The topological polar surface area (TPSA) is 33.1 Å². The zero-order chi connectivity index (χ0) is 10.8. The van der Waals surface area contributed by atoms with E-state index in [1.165, 1.54) is 11.3 Å². The number of aromatic nitrogens is 1. The van der Waals surface area contributed by atoms with E-state index in [0.29, 0.717) is 0 Å². The molecule has 0 saturated heterocycles. The number of pyridine rings is 1. The molecular weight excluding hydrogens is 274 g/mol. The van der Waals surface area contributed by atoms with Crippen LogP contribution in [0, 0.1) is 6.92 Å². The van der Waals surface area contributed by atoms with Gasteiger partial charge in [-0.25, -0.2) is 0 Å². The van der Waals surface area contributed by atoms with Gasteiger partial charge in [0.25, 0.3) is 0 Å². The van der Waals surface area contributed by atoms with Crippen LogP contribution in [0.3, 0.4) is 0 Å². The molecule has 0 fully saturated rings. The normalized spacial score (nSPS) is 12.7. The van der Waals surface area contributed by atoms with Crippen LogP contribution in [0.1, 0.15) is 22.1 Å². The Balaban J connectivity index is 2.36. The van der Waals surface area contributed by atoms with Crippen LogP contribution >= 0.6 is 27.3 Å². The Morgan fingerprint density at radius 1 is 1.47 bits per heavy atom. The minimum absolute atomic E-state index is 0.591. The summed E-state index contributed by atoms with van der Waals surface area (Å²) >= 11 is 4.95. The number of aryl methyl sites for hydroxylation is 1. The molecule has 0 aliphatic carbocycles. The zero-order valence-electron chi connectivity index (χ0n) is 8.14. The molecule has 2 nitrogen and oxygen atoms in total. The Bertz CT molecular complexity index is 469. The molecule has 0 amide bonds. The minimum atomic E-state index is -0.591. The summed E-state index contributed by atoms with van der Waals surface area (Å²) in [7, 11) is 0. The second-order valence-corrected chi connectivity index (χ2v) is 5.13. The molecule has 15 heavy (non-hydrogen) atoms. The maximum Gasteiger partial charge on any atom is 0.116 e.